The largest absolute Gasteiger partial charge is 0.443 e. The molecule has 0 aromatic carbocycles. The van der Waals surface area contributed by atoms with Crippen molar-refractivity contribution in [3.63, 3.8) is 0 Å². The van der Waals surface area contributed by atoms with E-state index >= 15 is 0 Å². The smallest absolute Gasteiger partial charge is 0.414 e. The molecule has 132 valence electrons. The highest BCUT2D eigenvalue weighted by Gasteiger charge is 2.30. The van der Waals surface area contributed by atoms with Crippen molar-refractivity contribution in [1.29, 1.82) is 0 Å². The number of hydrogen-bond acceptors (Lipinski definition) is 4. The Bertz CT molecular complexity index is 433. The van der Waals surface area contributed by atoms with Gasteiger partial charge in [0.1, 0.15) is 5.60 Å². The SMILES string of the molecule is CC(C)(C)OC(=O)N1CCCCC/C1=C\CCC1(C)OCCO1. The molecule has 2 rings (SSSR count). The van der Waals surface area contributed by atoms with Crippen LogP contribution in [0.15, 0.2) is 11.8 Å². The van der Waals surface area contributed by atoms with Gasteiger partial charge in [-0.05, 0) is 53.4 Å². The number of carbonyl (C=O) groups is 1. The minimum atomic E-state index is -0.474. The van der Waals surface area contributed by atoms with E-state index in [1.807, 2.05) is 32.6 Å². The molecule has 2 aliphatic rings. The fourth-order valence-corrected chi connectivity index (χ4v) is 2.97. The Morgan fingerprint density at radius 2 is 1.96 bits per heavy atom. The lowest BCUT2D eigenvalue weighted by Gasteiger charge is -2.28. The third-order valence-corrected chi connectivity index (χ3v) is 4.15. The van der Waals surface area contributed by atoms with Gasteiger partial charge in [0.2, 0.25) is 0 Å². The molecule has 0 aromatic rings. The van der Waals surface area contributed by atoms with Crippen LogP contribution in [0.1, 0.15) is 66.2 Å². The first-order valence-electron chi connectivity index (χ1n) is 8.77. The summed E-state index contributed by atoms with van der Waals surface area (Å²) < 4.78 is 16.8. The molecule has 2 aliphatic heterocycles. The van der Waals surface area contributed by atoms with E-state index in [1.165, 1.54) is 0 Å². The summed E-state index contributed by atoms with van der Waals surface area (Å²) in [5.41, 5.74) is 0.617. The van der Waals surface area contributed by atoms with Gasteiger partial charge in [-0.2, -0.15) is 0 Å². The third-order valence-electron chi connectivity index (χ3n) is 4.15. The fraction of sp³-hybridized carbons (Fsp3) is 0.833. The Kier molecular flexibility index (Phi) is 6.09. The zero-order chi connectivity index (χ0) is 16.9. The molecule has 0 bridgehead atoms. The van der Waals surface area contributed by atoms with Gasteiger partial charge in [-0.25, -0.2) is 4.79 Å². The lowest BCUT2D eigenvalue weighted by atomic mass is 10.1. The monoisotopic (exact) mass is 325 g/mol. The summed E-state index contributed by atoms with van der Waals surface area (Å²) in [5, 5.41) is 0. The summed E-state index contributed by atoms with van der Waals surface area (Å²) in [7, 11) is 0. The number of allylic oxidation sites excluding steroid dienone is 2. The third kappa shape index (κ3) is 5.81. The number of nitrogens with zero attached hydrogens (tertiary/aromatic N) is 1. The zero-order valence-corrected chi connectivity index (χ0v) is 15.0. The van der Waals surface area contributed by atoms with E-state index < -0.39 is 11.4 Å². The van der Waals surface area contributed by atoms with Crippen LogP contribution in [0.25, 0.3) is 0 Å². The molecule has 2 saturated heterocycles. The average Bonchev–Trinajstić information content (AvgIpc) is 2.72. The van der Waals surface area contributed by atoms with Crippen molar-refractivity contribution in [1.82, 2.24) is 4.90 Å². The Morgan fingerprint density at radius 3 is 2.61 bits per heavy atom. The van der Waals surface area contributed by atoms with Crippen LogP contribution in [-0.2, 0) is 14.2 Å². The van der Waals surface area contributed by atoms with Crippen LogP contribution in [0.4, 0.5) is 4.79 Å². The van der Waals surface area contributed by atoms with Crippen LogP contribution in [0.5, 0.6) is 0 Å². The van der Waals surface area contributed by atoms with Crippen LogP contribution >= 0.6 is 0 Å². The summed E-state index contributed by atoms with van der Waals surface area (Å²) in [5.74, 6) is -0.474. The van der Waals surface area contributed by atoms with E-state index in [0.717, 1.165) is 50.8 Å². The molecule has 0 spiro atoms. The van der Waals surface area contributed by atoms with E-state index in [0.29, 0.717) is 13.2 Å². The maximum absolute atomic E-state index is 12.5. The molecule has 2 heterocycles. The normalized spacial score (nSPS) is 23.8. The second-order valence-corrected chi connectivity index (χ2v) is 7.51. The molecule has 23 heavy (non-hydrogen) atoms. The van der Waals surface area contributed by atoms with Crippen molar-refractivity contribution in [2.24, 2.45) is 0 Å². The van der Waals surface area contributed by atoms with Crippen molar-refractivity contribution in [2.45, 2.75) is 77.6 Å². The first-order valence-corrected chi connectivity index (χ1v) is 8.77. The molecule has 0 unspecified atom stereocenters. The summed E-state index contributed by atoms with van der Waals surface area (Å²) in [6, 6.07) is 0. The van der Waals surface area contributed by atoms with Crippen molar-refractivity contribution in [3.05, 3.63) is 11.8 Å². The van der Waals surface area contributed by atoms with Crippen LogP contribution in [-0.4, -0.2) is 42.1 Å². The van der Waals surface area contributed by atoms with Crippen molar-refractivity contribution in [3.8, 4) is 0 Å². The first-order chi connectivity index (χ1) is 10.8. The fourth-order valence-electron chi connectivity index (χ4n) is 2.97. The molecule has 0 aliphatic carbocycles. The van der Waals surface area contributed by atoms with Gasteiger partial charge in [-0.15, -0.1) is 0 Å². The molecule has 0 N–H and O–H groups in total. The summed E-state index contributed by atoms with van der Waals surface area (Å²) in [4.78, 5) is 14.3. The van der Waals surface area contributed by atoms with Gasteiger partial charge in [0.25, 0.3) is 0 Å². The van der Waals surface area contributed by atoms with Crippen LogP contribution in [0, 0.1) is 0 Å². The van der Waals surface area contributed by atoms with Gasteiger partial charge in [-0.1, -0.05) is 12.5 Å². The van der Waals surface area contributed by atoms with E-state index in [4.69, 9.17) is 14.2 Å². The predicted octanol–water partition coefficient (Wildman–Crippen LogP) is 4.22. The molecule has 1 amide bonds. The highest BCUT2D eigenvalue weighted by Crippen LogP contribution is 2.27. The van der Waals surface area contributed by atoms with E-state index in [9.17, 15) is 4.79 Å². The van der Waals surface area contributed by atoms with E-state index in [1.54, 1.807) is 0 Å². The van der Waals surface area contributed by atoms with Crippen molar-refractivity contribution in [2.75, 3.05) is 19.8 Å². The van der Waals surface area contributed by atoms with Crippen LogP contribution in [0.2, 0.25) is 0 Å². The molecule has 5 heteroatoms. The van der Waals surface area contributed by atoms with E-state index in [2.05, 4.69) is 6.08 Å². The molecule has 0 aromatic heterocycles. The Morgan fingerprint density at radius 1 is 1.26 bits per heavy atom. The standard InChI is InChI=1S/C18H31NO4/c1-17(2,3)23-16(20)19-12-7-5-6-9-15(19)10-8-11-18(4)21-13-14-22-18/h10H,5-9,11-14H2,1-4H3/b15-10+. The molecular formula is C18H31NO4. The summed E-state index contributed by atoms with van der Waals surface area (Å²) >= 11 is 0. The predicted molar refractivity (Wildman–Crippen MR) is 89.0 cm³/mol. The maximum atomic E-state index is 12.5. The molecule has 2 fully saturated rings. The molecule has 0 atom stereocenters. The number of amides is 1. The number of rotatable bonds is 3. The number of ether oxygens (including phenoxy) is 3. The second-order valence-electron chi connectivity index (χ2n) is 7.51. The number of likely N-dealkylation sites (tertiary alicyclic amines) is 1. The quantitative estimate of drug-likeness (QED) is 0.779. The minimum Gasteiger partial charge on any atom is -0.443 e. The summed E-state index contributed by atoms with van der Waals surface area (Å²) in [6.45, 7) is 9.77. The number of carbonyl (C=O) groups excluding carboxylic acids is 1. The Balaban J connectivity index is 1.99. The lowest BCUT2D eigenvalue weighted by Crippen LogP contribution is -2.36. The van der Waals surface area contributed by atoms with Crippen molar-refractivity contribution < 1.29 is 19.0 Å². The van der Waals surface area contributed by atoms with Crippen LogP contribution in [0.3, 0.4) is 0 Å². The van der Waals surface area contributed by atoms with Gasteiger partial charge < -0.3 is 14.2 Å². The number of hydrogen-bond donors (Lipinski definition) is 0. The first kappa shape index (κ1) is 18.3. The topological polar surface area (TPSA) is 48.0 Å². The Labute approximate surface area is 140 Å². The molecule has 0 radical (unpaired) electrons. The maximum Gasteiger partial charge on any atom is 0.414 e. The molecule has 5 nitrogen and oxygen atoms in total. The zero-order valence-electron chi connectivity index (χ0n) is 15.0. The Hall–Kier alpha value is -1.07. The average molecular weight is 325 g/mol. The minimum absolute atomic E-state index is 0.231. The summed E-state index contributed by atoms with van der Waals surface area (Å²) in [6.07, 6.45) is 7.80. The second kappa shape index (κ2) is 7.67. The van der Waals surface area contributed by atoms with Gasteiger partial charge in [0.05, 0.1) is 13.2 Å². The highest BCUT2D eigenvalue weighted by molar-refractivity contribution is 5.70. The van der Waals surface area contributed by atoms with Crippen LogP contribution < -0.4 is 0 Å². The van der Waals surface area contributed by atoms with Gasteiger partial charge in [0.15, 0.2) is 5.79 Å². The van der Waals surface area contributed by atoms with Crippen molar-refractivity contribution >= 4 is 6.09 Å². The van der Waals surface area contributed by atoms with Gasteiger partial charge >= 0.3 is 6.09 Å². The van der Waals surface area contributed by atoms with E-state index in [-0.39, 0.29) is 6.09 Å². The molecular weight excluding hydrogens is 294 g/mol. The van der Waals surface area contributed by atoms with Gasteiger partial charge in [0, 0.05) is 18.7 Å². The highest BCUT2D eigenvalue weighted by atomic mass is 16.7. The molecule has 0 saturated carbocycles. The lowest BCUT2D eigenvalue weighted by molar-refractivity contribution is -0.145. The van der Waals surface area contributed by atoms with Gasteiger partial charge in [-0.3, -0.25) is 4.90 Å².